The molecular formula is C12H18N6O. The van der Waals surface area contributed by atoms with E-state index in [-0.39, 0.29) is 0 Å². The number of hydrogen-bond acceptors (Lipinski definition) is 6. The van der Waals surface area contributed by atoms with E-state index in [0.717, 1.165) is 18.7 Å². The highest BCUT2D eigenvalue weighted by Crippen LogP contribution is 2.11. The summed E-state index contributed by atoms with van der Waals surface area (Å²) in [6.45, 7) is 7.19. The molecule has 2 heterocycles. The zero-order valence-electron chi connectivity index (χ0n) is 11.4. The summed E-state index contributed by atoms with van der Waals surface area (Å²) < 4.78 is 6.96. The minimum absolute atomic E-state index is 0.305. The second-order valence-electron chi connectivity index (χ2n) is 4.00. The average molecular weight is 262 g/mol. The number of ether oxygens (including phenoxy) is 1. The smallest absolute Gasteiger partial charge is 0.323 e. The number of nitrogens with zero attached hydrogens (tertiary/aromatic N) is 5. The zero-order valence-corrected chi connectivity index (χ0v) is 11.4. The Balaban J connectivity index is 2.33. The van der Waals surface area contributed by atoms with Crippen LogP contribution in [0.3, 0.4) is 0 Å². The number of aryl methyl sites for hydroxylation is 1. The summed E-state index contributed by atoms with van der Waals surface area (Å²) in [7, 11) is 0. The Hall–Kier alpha value is -2.18. The van der Waals surface area contributed by atoms with Crippen molar-refractivity contribution in [1.29, 1.82) is 0 Å². The fourth-order valence-electron chi connectivity index (χ4n) is 1.48. The SMILES string of the molecule is CCCNc1nc(OCC)nc(-n2ccc(C)n2)n1. The van der Waals surface area contributed by atoms with Crippen molar-refractivity contribution in [1.82, 2.24) is 24.7 Å². The topological polar surface area (TPSA) is 77.8 Å². The van der Waals surface area contributed by atoms with Crippen LogP contribution in [-0.2, 0) is 0 Å². The normalized spacial score (nSPS) is 10.5. The van der Waals surface area contributed by atoms with E-state index in [1.807, 2.05) is 26.1 Å². The van der Waals surface area contributed by atoms with Crippen molar-refractivity contribution >= 4 is 5.95 Å². The van der Waals surface area contributed by atoms with Crippen molar-refractivity contribution in [2.45, 2.75) is 27.2 Å². The minimum Gasteiger partial charge on any atom is -0.464 e. The summed E-state index contributed by atoms with van der Waals surface area (Å²) in [5.74, 6) is 0.952. The van der Waals surface area contributed by atoms with Crippen molar-refractivity contribution < 1.29 is 4.74 Å². The molecule has 102 valence electrons. The highest BCUT2D eigenvalue weighted by molar-refractivity contribution is 5.30. The molecule has 0 unspecified atom stereocenters. The van der Waals surface area contributed by atoms with Crippen molar-refractivity contribution in [3.8, 4) is 12.0 Å². The van der Waals surface area contributed by atoms with Gasteiger partial charge in [-0.1, -0.05) is 6.92 Å². The molecule has 7 heteroatoms. The summed E-state index contributed by atoms with van der Waals surface area (Å²) in [6.07, 6.45) is 2.80. The van der Waals surface area contributed by atoms with E-state index in [0.29, 0.717) is 24.5 Å². The molecular weight excluding hydrogens is 244 g/mol. The van der Waals surface area contributed by atoms with Crippen LogP contribution >= 0.6 is 0 Å². The Labute approximate surface area is 112 Å². The third-order valence-corrected chi connectivity index (χ3v) is 2.34. The van der Waals surface area contributed by atoms with Gasteiger partial charge in [0.15, 0.2) is 0 Å². The second-order valence-corrected chi connectivity index (χ2v) is 4.00. The maximum Gasteiger partial charge on any atom is 0.323 e. The van der Waals surface area contributed by atoms with Crippen LogP contribution in [0.15, 0.2) is 12.3 Å². The van der Waals surface area contributed by atoms with Crippen LogP contribution < -0.4 is 10.1 Å². The number of hydrogen-bond donors (Lipinski definition) is 1. The zero-order chi connectivity index (χ0) is 13.7. The molecule has 2 aromatic rings. The van der Waals surface area contributed by atoms with Gasteiger partial charge in [0.25, 0.3) is 5.95 Å². The molecule has 1 N–H and O–H groups in total. The van der Waals surface area contributed by atoms with E-state index in [9.17, 15) is 0 Å². The Kier molecular flexibility index (Phi) is 4.27. The fourth-order valence-corrected chi connectivity index (χ4v) is 1.48. The lowest BCUT2D eigenvalue weighted by Crippen LogP contribution is -2.11. The predicted octanol–water partition coefficient (Wildman–Crippen LogP) is 1.59. The first-order valence-corrected chi connectivity index (χ1v) is 6.38. The van der Waals surface area contributed by atoms with Gasteiger partial charge < -0.3 is 10.1 Å². The van der Waals surface area contributed by atoms with Gasteiger partial charge in [-0.15, -0.1) is 0 Å². The summed E-state index contributed by atoms with van der Waals surface area (Å²) in [4.78, 5) is 12.8. The lowest BCUT2D eigenvalue weighted by atomic mass is 10.5. The van der Waals surface area contributed by atoms with Gasteiger partial charge in [0.2, 0.25) is 5.95 Å². The molecule has 0 radical (unpaired) electrons. The van der Waals surface area contributed by atoms with Crippen molar-refractivity contribution in [3.63, 3.8) is 0 Å². The molecule has 0 bridgehead atoms. The number of aromatic nitrogens is 5. The van der Waals surface area contributed by atoms with E-state index >= 15 is 0 Å². The molecule has 2 aromatic heterocycles. The molecule has 19 heavy (non-hydrogen) atoms. The van der Waals surface area contributed by atoms with Crippen LogP contribution in [0.5, 0.6) is 6.01 Å². The number of rotatable bonds is 6. The third kappa shape index (κ3) is 3.40. The van der Waals surface area contributed by atoms with Crippen LogP contribution in [0.25, 0.3) is 5.95 Å². The molecule has 0 aliphatic rings. The summed E-state index contributed by atoms with van der Waals surface area (Å²) >= 11 is 0. The molecule has 0 spiro atoms. The lowest BCUT2D eigenvalue weighted by Gasteiger charge is -2.08. The Morgan fingerprint density at radius 2 is 2.11 bits per heavy atom. The van der Waals surface area contributed by atoms with Crippen LogP contribution in [-0.4, -0.2) is 37.9 Å². The van der Waals surface area contributed by atoms with Crippen LogP contribution in [0, 0.1) is 6.92 Å². The van der Waals surface area contributed by atoms with Crippen molar-refractivity contribution in [2.24, 2.45) is 0 Å². The maximum absolute atomic E-state index is 5.35. The van der Waals surface area contributed by atoms with E-state index in [1.54, 1.807) is 4.68 Å². The van der Waals surface area contributed by atoms with Crippen molar-refractivity contribution in [3.05, 3.63) is 18.0 Å². The molecule has 0 aromatic carbocycles. The Morgan fingerprint density at radius 1 is 1.26 bits per heavy atom. The summed E-state index contributed by atoms with van der Waals surface area (Å²) in [6, 6.07) is 2.20. The fraction of sp³-hybridized carbons (Fsp3) is 0.500. The van der Waals surface area contributed by atoms with E-state index in [2.05, 4.69) is 32.3 Å². The van der Waals surface area contributed by atoms with Crippen LogP contribution in [0.1, 0.15) is 26.0 Å². The average Bonchev–Trinajstić information content (AvgIpc) is 2.83. The van der Waals surface area contributed by atoms with E-state index in [1.165, 1.54) is 0 Å². The van der Waals surface area contributed by atoms with Gasteiger partial charge in [0, 0.05) is 12.7 Å². The highest BCUT2D eigenvalue weighted by Gasteiger charge is 2.09. The monoisotopic (exact) mass is 262 g/mol. The molecule has 0 atom stereocenters. The Morgan fingerprint density at radius 3 is 2.74 bits per heavy atom. The summed E-state index contributed by atoms with van der Waals surface area (Å²) in [5, 5.41) is 7.41. The predicted molar refractivity (Wildman–Crippen MR) is 71.6 cm³/mol. The number of nitrogens with one attached hydrogen (secondary N) is 1. The highest BCUT2D eigenvalue weighted by atomic mass is 16.5. The van der Waals surface area contributed by atoms with Gasteiger partial charge in [0.1, 0.15) is 0 Å². The molecule has 0 fully saturated rings. The molecule has 0 aliphatic heterocycles. The first-order valence-electron chi connectivity index (χ1n) is 6.38. The third-order valence-electron chi connectivity index (χ3n) is 2.34. The molecule has 0 saturated heterocycles. The van der Waals surface area contributed by atoms with Crippen LogP contribution in [0.2, 0.25) is 0 Å². The molecule has 0 saturated carbocycles. The molecule has 7 nitrogen and oxygen atoms in total. The summed E-state index contributed by atoms with van der Waals surface area (Å²) in [5.41, 5.74) is 0.904. The maximum atomic E-state index is 5.35. The Bertz CT molecular complexity index is 539. The first-order chi connectivity index (χ1) is 9.22. The van der Waals surface area contributed by atoms with Gasteiger partial charge in [-0.3, -0.25) is 0 Å². The molecule has 0 aliphatic carbocycles. The first kappa shape index (κ1) is 13.3. The quantitative estimate of drug-likeness (QED) is 0.851. The van der Waals surface area contributed by atoms with E-state index < -0.39 is 0 Å². The van der Waals surface area contributed by atoms with E-state index in [4.69, 9.17) is 4.74 Å². The van der Waals surface area contributed by atoms with Gasteiger partial charge in [-0.05, 0) is 26.3 Å². The standard InChI is InChI=1S/C12H18N6O/c1-4-7-13-10-14-11(16-12(15-10)19-5-2)18-8-6-9(3)17-18/h6,8H,4-5,7H2,1-3H3,(H,13,14,15,16). The van der Waals surface area contributed by atoms with Gasteiger partial charge in [0.05, 0.1) is 12.3 Å². The van der Waals surface area contributed by atoms with Gasteiger partial charge in [-0.25, -0.2) is 4.68 Å². The minimum atomic E-state index is 0.305. The number of anilines is 1. The van der Waals surface area contributed by atoms with Gasteiger partial charge >= 0.3 is 6.01 Å². The lowest BCUT2D eigenvalue weighted by molar-refractivity contribution is 0.311. The van der Waals surface area contributed by atoms with Crippen molar-refractivity contribution in [2.75, 3.05) is 18.5 Å². The molecule has 0 amide bonds. The van der Waals surface area contributed by atoms with Crippen LogP contribution in [0.4, 0.5) is 5.95 Å². The largest absolute Gasteiger partial charge is 0.464 e. The molecule has 2 rings (SSSR count). The van der Waals surface area contributed by atoms with Gasteiger partial charge in [-0.2, -0.15) is 20.1 Å². The second kappa shape index (κ2) is 6.12.